The van der Waals surface area contributed by atoms with Crippen molar-refractivity contribution in [1.82, 2.24) is 16.1 Å². The smallest absolute Gasteiger partial charge is 0.267 e. The van der Waals surface area contributed by atoms with E-state index in [4.69, 9.17) is 10.9 Å². The maximum absolute atomic E-state index is 12.6. The Morgan fingerprint density at radius 3 is 2.24 bits per heavy atom. The molecule has 1 unspecified atom stereocenters. The van der Waals surface area contributed by atoms with Crippen LogP contribution < -0.4 is 21.8 Å². The molecule has 1 atom stereocenters. The molecule has 1 aromatic carbocycles. The summed E-state index contributed by atoms with van der Waals surface area (Å²) < 4.78 is 0. The van der Waals surface area contributed by atoms with Crippen LogP contribution in [0, 0.1) is 17.3 Å². The second kappa shape index (κ2) is 11.3. The molecule has 0 aromatic heterocycles. The van der Waals surface area contributed by atoms with Crippen LogP contribution in [0.1, 0.15) is 58.6 Å². The van der Waals surface area contributed by atoms with Crippen LogP contribution in [0.15, 0.2) is 47.6 Å². The van der Waals surface area contributed by atoms with Crippen LogP contribution in [0.4, 0.5) is 0 Å². The summed E-state index contributed by atoms with van der Waals surface area (Å²) in [6.45, 7) is 11.6. The number of amides is 2. The van der Waals surface area contributed by atoms with Crippen LogP contribution in [0.5, 0.6) is 0 Å². The van der Waals surface area contributed by atoms with Crippen molar-refractivity contribution in [2.45, 2.75) is 65.6 Å². The Morgan fingerprint density at radius 1 is 1.06 bits per heavy atom. The lowest BCUT2D eigenvalue weighted by Gasteiger charge is -2.29. The van der Waals surface area contributed by atoms with Crippen molar-refractivity contribution < 1.29 is 14.8 Å². The number of benzene rings is 1. The summed E-state index contributed by atoms with van der Waals surface area (Å²) in [5.41, 5.74) is 10.4. The van der Waals surface area contributed by atoms with Crippen LogP contribution in [-0.2, 0) is 16.1 Å². The van der Waals surface area contributed by atoms with E-state index < -0.39 is 17.5 Å². The lowest BCUT2D eigenvalue weighted by atomic mass is 9.93. The molecule has 1 aliphatic rings. The van der Waals surface area contributed by atoms with Crippen LogP contribution in [0.3, 0.4) is 0 Å². The molecule has 1 aliphatic carbocycles. The fourth-order valence-corrected chi connectivity index (χ4v) is 3.25. The molecular formula is C26H36N4O3. The quantitative estimate of drug-likeness (QED) is 0.248. The van der Waals surface area contributed by atoms with Crippen LogP contribution in [0.2, 0.25) is 0 Å². The number of hydroxylamine groups is 1. The molecule has 0 aliphatic heterocycles. The van der Waals surface area contributed by atoms with Gasteiger partial charge in [-0.3, -0.25) is 14.8 Å². The zero-order valence-corrected chi connectivity index (χ0v) is 20.2. The molecule has 7 nitrogen and oxygen atoms in total. The van der Waals surface area contributed by atoms with Crippen molar-refractivity contribution in [2.75, 3.05) is 6.54 Å². The van der Waals surface area contributed by atoms with E-state index in [0.717, 1.165) is 24.2 Å². The first-order valence-corrected chi connectivity index (χ1v) is 11.1. The standard InChI is InChI=1S/C26H36N4O3/c1-25(2,3)17-28-16-20-10-8-18(9-11-20)6-7-19-12-14-21(15-13-19)23(31)29-22(24(32)30-33)26(4,5)27/h8-12,14,22,28,33H,13,15-17,27H2,1-5H3,(H,29,31)(H,30,32). The van der Waals surface area contributed by atoms with Crippen LogP contribution in [0.25, 0.3) is 0 Å². The maximum Gasteiger partial charge on any atom is 0.267 e. The molecule has 0 heterocycles. The van der Waals surface area contributed by atoms with Gasteiger partial charge in [0.2, 0.25) is 5.91 Å². The summed E-state index contributed by atoms with van der Waals surface area (Å²) in [7, 11) is 0. The molecule has 2 amide bonds. The second-order valence-electron chi connectivity index (χ2n) is 10.2. The number of nitrogens with two attached hydrogens (primary N) is 1. The number of allylic oxidation sites excluding steroid dienone is 3. The van der Waals surface area contributed by atoms with Crippen molar-refractivity contribution in [3.8, 4) is 11.8 Å². The van der Waals surface area contributed by atoms with Crippen molar-refractivity contribution in [3.63, 3.8) is 0 Å². The van der Waals surface area contributed by atoms with Gasteiger partial charge in [-0.05, 0) is 49.8 Å². The summed E-state index contributed by atoms with van der Waals surface area (Å²) in [5.74, 6) is 5.20. The minimum Gasteiger partial charge on any atom is -0.339 e. The van der Waals surface area contributed by atoms with Crippen molar-refractivity contribution in [1.29, 1.82) is 0 Å². The number of hydrogen-bond acceptors (Lipinski definition) is 5. The van der Waals surface area contributed by atoms with Gasteiger partial charge in [-0.2, -0.15) is 0 Å². The predicted octanol–water partition coefficient (Wildman–Crippen LogP) is 2.55. The highest BCUT2D eigenvalue weighted by Crippen LogP contribution is 2.19. The minimum absolute atomic E-state index is 0.255. The predicted molar refractivity (Wildman–Crippen MR) is 130 cm³/mol. The van der Waals surface area contributed by atoms with Gasteiger partial charge in [0.15, 0.2) is 0 Å². The van der Waals surface area contributed by atoms with E-state index in [1.54, 1.807) is 25.4 Å². The van der Waals surface area contributed by atoms with Gasteiger partial charge >= 0.3 is 0 Å². The second-order valence-corrected chi connectivity index (χ2v) is 10.2. The molecule has 0 saturated heterocycles. The molecule has 0 spiro atoms. The Hall–Kier alpha value is -2.92. The Morgan fingerprint density at radius 2 is 1.73 bits per heavy atom. The van der Waals surface area contributed by atoms with E-state index in [-0.39, 0.29) is 11.3 Å². The lowest BCUT2D eigenvalue weighted by Crippen LogP contribution is -2.61. The monoisotopic (exact) mass is 452 g/mol. The maximum atomic E-state index is 12.6. The molecular weight excluding hydrogens is 416 g/mol. The molecule has 0 bridgehead atoms. The number of carbonyl (C=O) groups is 2. The molecule has 33 heavy (non-hydrogen) atoms. The van der Waals surface area contributed by atoms with Gasteiger partial charge in [0.25, 0.3) is 5.91 Å². The molecule has 0 radical (unpaired) electrons. The van der Waals surface area contributed by atoms with E-state index in [2.05, 4.69) is 55.4 Å². The first-order chi connectivity index (χ1) is 15.4. The highest BCUT2D eigenvalue weighted by atomic mass is 16.5. The summed E-state index contributed by atoms with van der Waals surface area (Å²) in [4.78, 5) is 24.4. The van der Waals surface area contributed by atoms with Gasteiger partial charge in [0, 0.05) is 35.3 Å². The summed E-state index contributed by atoms with van der Waals surface area (Å²) >= 11 is 0. The molecule has 7 heteroatoms. The summed E-state index contributed by atoms with van der Waals surface area (Å²) in [6, 6.07) is 7.12. The molecule has 6 N–H and O–H groups in total. The minimum atomic E-state index is -1.06. The third kappa shape index (κ3) is 8.85. The number of rotatable bonds is 7. The van der Waals surface area contributed by atoms with Gasteiger partial charge in [-0.1, -0.05) is 56.9 Å². The lowest BCUT2D eigenvalue weighted by molar-refractivity contribution is -0.135. The number of hydrogen-bond donors (Lipinski definition) is 5. The summed E-state index contributed by atoms with van der Waals surface area (Å²) in [5, 5.41) is 15.0. The Labute approximate surface area is 196 Å². The van der Waals surface area contributed by atoms with E-state index >= 15 is 0 Å². The SMILES string of the molecule is CC(C)(C)CNCc1ccc(C#CC2=CC=C(C(=O)NC(C(=O)NO)C(C)(C)N)CC2)cc1. The summed E-state index contributed by atoms with van der Waals surface area (Å²) in [6.07, 6.45) is 4.67. The normalized spacial score (nSPS) is 14.9. The van der Waals surface area contributed by atoms with Gasteiger partial charge < -0.3 is 16.4 Å². The highest BCUT2D eigenvalue weighted by Gasteiger charge is 2.34. The third-order valence-corrected chi connectivity index (χ3v) is 5.14. The molecule has 2 rings (SSSR count). The van der Waals surface area contributed by atoms with E-state index in [0.29, 0.717) is 18.4 Å². The zero-order chi connectivity index (χ0) is 24.6. The molecule has 0 saturated carbocycles. The average molecular weight is 453 g/mol. The van der Waals surface area contributed by atoms with Gasteiger partial charge in [0.1, 0.15) is 6.04 Å². The van der Waals surface area contributed by atoms with Gasteiger partial charge in [-0.15, -0.1) is 0 Å². The van der Waals surface area contributed by atoms with Crippen LogP contribution in [-0.4, -0.2) is 35.1 Å². The van der Waals surface area contributed by atoms with Gasteiger partial charge in [0.05, 0.1) is 0 Å². The highest BCUT2D eigenvalue weighted by molar-refractivity contribution is 5.97. The van der Waals surface area contributed by atoms with E-state index in [9.17, 15) is 9.59 Å². The first-order valence-electron chi connectivity index (χ1n) is 11.1. The fraction of sp³-hybridized carbons (Fsp3) is 0.462. The number of carbonyl (C=O) groups excluding carboxylic acids is 2. The molecule has 178 valence electrons. The van der Waals surface area contributed by atoms with Gasteiger partial charge in [-0.25, -0.2) is 5.48 Å². The molecule has 0 fully saturated rings. The Kier molecular flexibility index (Phi) is 9.00. The fourth-order valence-electron chi connectivity index (χ4n) is 3.25. The Bertz CT molecular complexity index is 968. The largest absolute Gasteiger partial charge is 0.339 e. The average Bonchev–Trinajstić information content (AvgIpc) is 2.75. The van der Waals surface area contributed by atoms with E-state index in [1.165, 1.54) is 5.56 Å². The first kappa shape index (κ1) is 26.3. The zero-order valence-electron chi connectivity index (χ0n) is 20.2. The molecule has 1 aromatic rings. The van der Waals surface area contributed by atoms with Crippen LogP contribution >= 0.6 is 0 Å². The Balaban J connectivity index is 1.97. The van der Waals surface area contributed by atoms with Crippen molar-refractivity contribution in [2.24, 2.45) is 11.1 Å². The van der Waals surface area contributed by atoms with Crippen molar-refractivity contribution in [3.05, 3.63) is 58.7 Å². The van der Waals surface area contributed by atoms with Crippen molar-refractivity contribution >= 4 is 11.8 Å². The van der Waals surface area contributed by atoms with E-state index in [1.807, 2.05) is 18.2 Å². The topological polar surface area (TPSA) is 116 Å². The number of nitrogens with one attached hydrogen (secondary N) is 3. The third-order valence-electron chi connectivity index (χ3n) is 5.14.